The van der Waals surface area contributed by atoms with Crippen molar-refractivity contribution in [1.82, 2.24) is 4.57 Å². The fourth-order valence-electron chi connectivity index (χ4n) is 3.74. The first-order valence-electron chi connectivity index (χ1n) is 9.99. The Balaban J connectivity index is 1.66. The first kappa shape index (κ1) is 20.3. The quantitative estimate of drug-likeness (QED) is 0.350. The second-order valence-corrected chi connectivity index (χ2v) is 7.45. The second-order valence-electron chi connectivity index (χ2n) is 7.45. The van der Waals surface area contributed by atoms with Gasteiger partial charge in [0.15, 0.2) is 0 Å². The summed E-state index contributed by atoms with van der Waals surface area (Å²) >= 11 is 0. The molecule has 4 rings (SSSR count). The number of aromatic nitrogens is 1. The summed E-state index contributed by atoms with van der Waals surface area (Å²) in [6.45, 7) is 7.25. The van der Waals surface area contributed by atoms with E-state index < -0.39 is 0 Å². The van der Waals surface area contributed by atoms with Gasteiger partial charge in [-0.15, -0.1) is 0 Å². The standard InChI is InChI=1S/C25H23N3O3/c1-16-14-20(18(3)27(16)21-10-12-23(13-11-21)31-19(4)29)15-24-17(2)26-28(25(24)30)22-8-6-5-7-9-22/h5-15H,1-4H3/b24-15+. The van der Waals surface area contributed by atoms with E-state index in [0.717, 1.165) is 28.3 Å². The summed E-state index contributed by atoms with van der Waals surface area (Å²) in [5, 5.41) is 5.89. The van der Waals surface area contributed by atoms with Crippen LogP contribution in [0.25, 0.3) is 11.8 Å². The van der Waals surface area contributed by atoms with Gasteiger partial charge in [-0.05, 0) is 74.9 Å². The fourth-order valence-corrected chi connectivity index (χ4v) is 3.74. The summed E-state index contributed by atoms with van der Waals surface area (Å²) in [6, 6.07) is 18.8. The Morgan fingerprint density at radius 2 is 1.65 bits per heavy atom. The number of benzene rings is 2. The molecule has 0 saturated heterocycles. The molecule has 0 unspecified atom stereocenters. The molecule has 0 saturated carbocycles. The molecule has 0 bridgehead atoms. The van der Waals surface area contributed by atoms with Gasteiger partial charge in [-0.25, -0.2) is 0 Å². The summed E-state index contributed by atoms with van der Waals surface area (Å²) in [4.78, 5) is 24.2. The van der Waals surface area contributed by atoms with Crippen molar-refractivity contribution < 1.29 is 14.3 Å². The van der Waals surface area contributed by atoms with Crippen LogP contribution in [0.4, 0.5) is 5.69 Å². The summed E-state index contributed by atoms with van der Waals surface area (Å²) in [6.07, 6.45) is 1.90. The summed E-state index contributed by atoms with van der Waals surface area (Å²) in [5.41, 5.74) is 5.94. The van der Waals surface area contributed by atoms with Crippen LogP contribution in [0.1, 0.15) is 30.8 Å². The van der Waals surface area contributed by atoms with Gasteiger partial charge in [0, 0.05) is 24.0 Å². The van der Waals surface area contributed by atoms with Gasteiger partial charge in [-0.3, -0.25) is 9.59 Å². The van der Waals surface area contributed by atoms with Crippen LogP contribution in [-0.4, -0.2) is 22.2 Å². The van der Waals surface area contributed by atoms with E-state index in [1.165, 1.54) is 11.9 Å². The zero-order valence-corrected chi connectivity index (χ0v) is 17.9. The maximum atomic E-state index is 13.0. The smallest absolute Gasteiger partial charge is 0.308 e. The molecule has 6 heteroatoms. The van der Waals surface area contributed by atoms with Crippen molar-refractivity contribution in [3.05, 3.63) is 83.2 Å². The number of hydrazone groups is 1. The lowest BCUT2D eigenvalue weighted by Crippen LogP contribution is -2.21. The van der Waals surface area contributed by atoms with Crippen LogP contribution in [0.2, 0.25) is 0 Å². The van der Waals surface area contributed by atoms with Crippen molar-refractivity contribution in [2.24, 2.45) is 5.10 Å². The first-order valence-corrected chi connectivity index (χ1v) is 9.99. The molecule has 156 valence electrons. The number of anilines is 1. The Labute approximate surface area is 181 Å². The highest BCUT2D eigenvalue weighted by molar-refractivity contribution is 6.32. The van der Waals surface area contributed by atoms with E-state index in [-0.39, 0.29) is 11.9 Å². The van der Waals surface area contributed by atoms with Crippen LogP contribution in [0.3, 0.4) is 0 Å². The Bertz CT molecular complexity index is 1220. The van der Waals surface area contributed by atoms with Crippen molar-refractivity contribution in [3.63, 3.8) is 0 Å². The number of ether oxygens (including phenoxy) is 1. The van der Waals surface area contributed by atoms with Crippen LogP contribution in [0.15, 0.2) is 71.3 Å². The number of hydrogen-bond donors (Lipinski definition) is 0. The van der Waals surface area contributed by atoms with Crippen molar-refractivity contribution in [3.8, 4) is 11.4 Å². The zero-order valence-electron chi connectivity index (χ0n) is 17.9. The van der Waals surface area contributed by atoms with E-state index in [2.05, 4.69) is 9.67 Å². The predicted octanol–water partition coefficient (Wildman–Crippen LogP) is 4.83. The lowest BCUT2D eigenvalue weighted by Gasteiger charge is -2.11. The maximum absolute atomic E-state index is 13.0. The van der Waals surface area contributed by atoms with Crippen LogP contribution in [-0.2, 0) is 9.59 Å². The van der Waals surface area contributed by atoms with Gasteiger partial charge in [0.05, 0.1) is 17.0 Å². The van der Waals surface area contributed by atoms with Gasteiger partial charge in [0.25, 0.3) is 5.91 Å². The van der Waals surface area contributed by atoms with E-state index in [9.17, 15) is 9.59 Å². The number of carbonyl (C=O) groups excluding carboxylic acids is 2. The monoisotopic (exact) mass is 413 g/mol. The molecule has 1 aliphatic rings. The van der Waals surface area contributed by atoms with E-state index >= 15 is 0 Å². The number of para-hydroxylation sites is 1. The normalized spacial score (nSPS) is 14.8. The fraction of sp³-hybridized carbons (Fsp3) is 0.160. The maximum Gasteiger partial charge on any atom is 0.308 e. The third kappa shape index (κ3) is 3.92. The number of amides is 1. The molecule has 0 aliphatic carbocycles. The van der Waals surface area contributed by atoms with Gasteiger partial charge < -0.3 is 9.30 Å². The second kappa shape index (κ2) is 8.07. The molecule has 1 amide bonds. The molecular weight excluding hydrogens is 390 g/mol. The highest BCUT2D eigenvalue weighted by atomic mass is 16.5. The Hall–Kier alpha value is -3.93. The molecule has 0 atom stereocenters. The number of carbonyl (C=O) groups is 2. The Morgan fingerprint density at radius 1 is 0.968 bits per heavy atom. The number of esters is 1. The molecule has 31 heavy (non-hydrogen) atoms. The number of rotatable bonds is 4. The number of aryl methyl sites for hydroxylation is 1. The van der Waals surface area contributed by atoms with Crippen molar-refractivity contribution in [2.75, 3.05) is 5.01 Å². The molecule has 1 aliphatic heterocycles. The number of hydrogen-bond acceptors (Lipinski definition) is 4. The van der Waals surface area contributed by atoms with E-state index in [1.54, 1.807) is 12.1 Å². The van der Waals surface area contributed by atoms with Gasteiger partial charge in [0.2, 0.25) is 0 Å². The molecule has 0 N–H and O–H groups in total. The topological polar surface area (TPSA) is 63.9 Å². The average molecular weight is 413 g/mol. The molecule has 6 nitrogen and oxygen atoms in total. The van der Waals surface area contributed by atoms with Crippen molar-refractivity contribution >= 4 is 29.4 Å². The summed E-state index contributed by atoms with van der Waals surface area (Å²) < 4.78 is 7.22. The minimum atomic E-state index is -0.349. The van der Waals surface area contributed by atoms with Crippen molar-refractivity contribution in [2.45, 2.75) is 27.7 Å². The molecule has 0 fully saturated rings. The van der Waals surface area contributed by atoms with Gasteiger partial charge in [0.1, 0.15) is 5.75 Å². The van der Waals surface area contributed by atoms with Gasteiger partial charge in [-0.1, -0.05) is 18.2 Å². The highest BCUT2D eigenvalue weighted by Crippen LogP contribution is 2.28. The SMILES string of the molecule is CC(=O)Oc1ccc(-n2c(C)cc(/C=C3/C(=O)N(c4ccccc4)N=C3C)c2C)cc1. The van der Waals surface area contributed by atoms with E-state index in [0.29, 0.717) is 17.0 Å². The molecule has 2 heterocycles. The Morgan fingerprint density at radius 3 is 2.29 bits per heavy atom. The third-order valence-corrected chi connectivity index (χ3v) is 5.19. The number of nitrogens with zero attached hydrogens (tertiary/aromatic N) is 3. The molecular formula is C25H23N3O3. The minimum Gasteiger partial charge on any atom is -0.427 e. The average Bonchev–Trinajstić information content (AvgIpc) is 3.19. The van der Waals surface area contributed by atoms with Crippen LogP contribution < -0.4 is 9.75 Å². The first-order chi connectivity index (χ1) is 14.8. The van der Waals surface area contributed by atoms with Gasteiger partial charge >= 0.3 is 5.97 Å². The van der Waals surface area contributed by atoms with Crippen LogP contribution in [0.5, 0.6) is 5.75 Å². The van der Waals surface area contributed by atoms with Crippen molar-refractivity contribution in [1.29, 1.82) is 0 Å². The lowest BCUT2D eigenvalue weighted by atomic mass is 10.1. The molecule has 1 aromatic heterocycles. The zero-order chi connectivity index (χ0) is 22.1. The summed E-state index contributed by atoms with van der Waals surface area (Å²) in [7, 11) is 0. The lowest BCUT2D eigenvalue weighted by molar-refractivity contribution is -0.131. The largest absolute Gasteiger partial charge is 0.427 e. The van der Waals surface area contributed by atoms with Crippen LogP contribution in [0, 0.1) is 13.8 Å². The molecule has 0 spiro atoms. The third-order valence-electron chi connectivity index (χ3n) is 5.19. The molecule has 3 aromatic rings. The predicted molar refractivity (Wildman–Crippen MR) is 122 cm³/mol. The molecule has 2 aromatic carbocycles. The molecule has 0 radical (unpaired) electrons. The van der Waals surface area contributed by atoms with Gasteiger partial charge in [-0.2, -0.15) is 10.1 Å². The summed E-state index contributed by atoms with van der Waals surface area (Å²) in [5.74, 6) is 0.0162. The minimum absolute atomic E-state index is 0.140. The van der Waals surface area contributed by atoms with E-state index in [1.807, 2.05) is 75.4 Å². The Kier molecular flexibility index (Phi) is 5.29. The highest BCUT2D eigenvalue weighted by Gasteiger charge is 2.29. The van der Waals surface area contributed by atoms with E-state index in [4.69, 9.17) is 4.74 Å². The van der Waals surface area contributed by atoms with Crippen LogP contribution >= 0.6 is 0 Å².